The number of aliphatic imine (C=N–C) groups is 1. The van der Waals surface area contributed by atoms with Crippen LogP contribution in [0.25, 0.3) is 0 Å². The van der Waals surface area contributed by atoms with Gasteiger partial charge in [-0.1, -0.05) is 30.0 Å². The van der Waals surface area contributed by atoms with Crippen LogP contribution in [0.15, 0.2) is 29.3 Å². The van der Waals surface area contributed by atoms with Gasteiger partial charge < -0.3 is 10.8 Å². The van der Waals surface area contributed by atoms with E-state index in [0.29, 0.717) is 16.4 Å². The first-order valence-electron chi connectivity index (χ1n) is 5.17. The fourth-order valence-corrected chi connectivity index (χ4v) is 3.46. The van der Waals surface area contributed by atoms with E-state index in [9.17, 15) is 9.90 Å². The molecule has 3 rings (SSSR count). The van der Waals surface area contributed by atoms with Gasteiger partial charge in [0.1, 0.15) is 5.37 Å². The average molecular weight is 330 g/mol. The summed E-state index contributed by atoms with van der Waals surface area (Å²) in [6.45, 7) is 1.47. The first kappa shape index (κ1) is 13.4. The van der Waals surface area contributed by atoms with Gasteiger partial charge in [-0.15, -0.1) is 17.0 Å². The Bertz CT molecular complexity index is 551. The van der Waals surface area contributed by atoms with Crippen LogP contribution in [-0.2, 0) is 10.5 Å². The van der Waals surface area contributed by atoms with Crippen molar-refractivity contribution < 1.29 is 9.90 Å². The van der Waals surface area contributed by atoms with E-state index in [1.54, 1.807) is 17.0 Å². The zero-order valence-corrected chi connectivity index (χ0v) is 12.1. The molecule has 0 saturated heterocycles. The van der Waals surface area contributed by atoms with Crippen molar-refractivity contribution in [1.82, 2.24) is 0 Å². The number of thioether (sulfide) groups is 1. The lowest BCUT2D eigenvalue weighted by Gasteiger charge is -2.24. The molecule has 96 valence electrons. The summed E-state index contributed by atoms with van der Waals surface area (Å²) in [5.74, 6) is -0.129. The molecular weight excluding hydrogens is 318 g/mol. The Morgan fingerprint density at radius 3 is 2.89 bits per heavy atom. The molecule has 0 saturated carbocycles. The van der Waals surface area contributed by atoms with E-state index < -0.39 is 11.1 Å². The van der Waals surface area contributed by atoms with Crippen LogP contribution in [-0.4, -0.2) is 21.6 Å². The molecule has 0 radical (unpaired) electrons. The number of benzene rings is 1. The minimum atomic E-state index is -1.41. The van der Waals surface area contributed by atoms with Crippen LogP contribution in [0.1, 0.15) is 12.5 Å². The number of nitrogens with zero attached hydrogens (tertiary/aromatic N) is 2. The van der Waals surface area contributed by atoms with E-state index in [2.05, 4.69) is 4.99 Å². The number of rotatable bonds is 0. The number of anilines is 1. The first-order valence-corrected chi connectivity index (χ1v) is 6.05. The van der Waals surface area contributed by atoms with Gasteiger partial charge in [0.25, 0.3) is 0 Å². The van der Waals surface area contributed by atoms with Crippen molar-refractivity contribution in [3.63, 3.8) is 0 Å². The summed E-state index contributed by atoms with van der Waals surface area (Å²) in [4.78, 5) is 17.3. The van der Waals surface area contributed by atoms with Crippen molar-refractivity contribution in [2.45, 2.75) is 18.0 Å². The van der Waals surface area contributed by atoms with Gasteiger partial charge >= 0.3 is 0 Å². The number of carbonyl (C=O) groups excluding carboxylic acids is 1. The predicted molar refractivity (Wildman–Crippen MR) is 76.8 cm³/mol. The van der Waals surface area contributed by atoms with Crippen LogP contribution in [0.2, 0.25) is 0 Å². The van der Waals surface area contributed by atoms with Gasteiger partial charge in [0.05, 0.1) is 5.69 Å². The third kappa shape index (κ3) is 1.58. The lowest BCUT2D eigenvalue weighted by molar-refractivity contribution is -0.117. The molecule has 3 N–H and O–H groups in total. The molecule has 0 aliphatic carbocycles. The number of hydrogen-bond donors (Lipinski definition) is 2. The molecule has 2 atom stereocenters. The molecule has 1 amide bonds. The van der Waals surface area contributed by atoms with E-state index in [4.69, 9.17) is 5.73 Å². The number of amides is 1. The molecule has 0 spiro atoms. The highest BCUT2D eigenvalue weighted by Gasteiger charge is 2.55. The fraction of sp³-hybridized carbons (Fsp3) is 0.273. The number of carbonyl (C=O) groups is 1. The minimum Gasteiger partial charge on any atom is -0.378 e. The second-order valence-electron chi connectivity index (χ2n) is 4.05. The van der Waals surface area contributed by atoms with Crippen LogP contribution >= 0.6 is 28.7 Å². The van der Waals surface area contributed by atoms with Gasteiger partial charge in [-0.2, -0.15) is 0 Å². The lowest BCUT2D eigenvalue weighted by Crippen LogP contribution is -2.41. The topological polar surface area (TPSA) is 78.9 Å². The normalized spacial score (nSPS) is 28.2. The zero-order valence-electron chi connectivity index (χ0n) is 9.53. The third-order valence-electron chi connectivity index (χ3n) is 2.99. The molecule has 2 heterocycles. The Morgan fingerprint density at radius 1 is 1.56 bits per heavy atom. The highest BCUT2D eigenvalue weighted by Crippen LogP contribution is 2.52. The van der Waals surface area contributed by atoms with Gasteiger partial charge in [-0.05, 0) is 6.07 Å². The van der Waals surface area contributed by atoms with E-state index in [0.717, 1.165) is 0 Å². The predicted octanol–water partition coefficient (Wildman–Crippen LogP) is 1.16. The second-order valence-corrected chi connectivity index (χ2v) is 5.15. The third-order valence-corrected chi connectivity index (χ3v) is 4.09. The molecule has 1 aromatic carbocycles. The highest BCUT2D eigenvalue weighted by atomic mass is 79.9. The Labute approximate surface area is 119 Å². The Hall–Kier alpha value is -1.05. The van der Waals surface area contributed by atoms with Crippen molar-refractivity contribution in [2.75, 3.05) is 4.90 Å². The molecule has 0 bridgehead atoms. The SMILES string of the molecule is Br.CC(=O)N1c2ccccc2[C@@]2(O)N=C(N)S[C@@H]12. The largest absolute Gasteiger partial charge is 0.378 e. The van der Waals surface area contributed by atoms with E-state index in [1.807, 2.05) is 12.1 Å². The smallest absolute Gasteiger partial charge is 0.225 e. The number of amidine groups is 1. The maximum atomic E-state index is 11.7. The quantitative estimate of drug-likeness (QED) is 0.748. The fourth-order valence-electron chi connectivity index (χ4n) is 2.33. The Kier molecular flexibility index (Phi) is 3.16. The average Bonchev–Trinajstić information content (AvgIpc) is 2.66. The number of aliphatic hydroxyl groups is 1. The Morgan fingerprint density at radius 2 is 2.22 bits per heavy atom. The second kappa shape index (κ2) is 4.25. The molecule has 2 aliphatic heterocycles. The molecular formula is C11H12BrN3O2S. The van der Waals surface area contributed by atoms with Crippen molar-refractivity contribution in [2.24, 2.45) is 10.7 Å². The monoisotopic (exact) mass is 329 g/mol. The van der Waals surface area contributed by atoms with E-state index in [1.165, 1.54) is 18.7 Å². The van der Waals surface area contributed by atoms with Crippen LogP contribution in [0, 0.1) is 0 Å². The highest BCUT2D eigenvalue weighted by molar-refractivity contribution is 8.93. The van der Waals surface area contributed by atoms with E-state index in [-0.39, 0.29) is 22.9 Å². The van der Waals surface area contributed by atoms with Crippen molar-refractivity contribution in [3.8, 4) is 0 Å². The number of fused-ring (bicyclic) bond motifs is 3. The summed E-state index contributed by atoms with van der Waals surface area (Å²) in [6.07, 6.45) is 0. The molecule has 0 aromatic heterocycles. The van der Waals surface area contributed by atoms with Crippen molar-refractivity contribution in [1.29, 1.82) is 0 Å². The van der Waals surface area contributed by atoms with Gasteiger partial charge in [0.2, 0.25) is 11.6 Å². The maximum absolute atomic E-state index is 11.7. The standard InChI is InChI=1S/C11H11N3O2S.BrH/c1-6(15)14-8-5-3-2-4-7(8)11(16)9(14)17-10(12)13-11;/h2-5,9,16H,1H3,(H2,12,13);1H/t9-,11+;/m1./s1. The summed E-state index contributed by atoms with van der Waals surface area (Å²) in [7, 11) is 0. The molecule has 7 heteroatoms. The summed E-state index contributed by atoms with van der Waals surface area (Å²) in [5.41, 5.74) is 5.58. The number of hydrogen-bond acceptors (Lipinski definition) is 5. The molecule has 18 heavy (non-hydrogen) atoms. The molecule has 2 aliphatic rings. The number of para-hydroxylation sites is 1. The van der Waals surface area contributed by atoms with Gasteiger partial charge in [-0.3, -0.25) is 9.69 Å². The summed E-state index contributed by atoms with van der Waals surface area (Å²) in [6, 6.07) is 7.22. The van der Waals surface area contributed by atoms with Crippen LogP contribution in [0.4, 0.5) is 5.69 Å². The number of nitrogens with two attached hydrogens (primary N) is 1. The van der Waals surface area contributed by atoms with Crippen LogP contribution in [0.5, 0.6) is 0 Å². The number of halogens is 1. The summed E-state index contributed by atoms with van der Waals surface area (Å²) < 4.78 is 0. The van der Waals surface area contributed by atoms with Gasteiger partial charge in [0, 0.05) is 12.5 Å². The van der Waals surface area contributed by atoms with Crippen molar-refractivity contribution in [3.05, 3.63) is 29.8 Å². The Balaban J connectivity index is 0.00000120. The lowest BCUT2D eigenvalue weighted by atomic mass is 10.1. The summed E-state index contributed by atoms with van der Waals surface area (Å²) >= 11 is 1.21. The summed E-state index contributed by atoms with van der Waals surface area (Å²) in [5, 5.41) is 10.4. The molecule has 5 nitrogen and oxygen atoms in total. The molecule has 0 fully saturated rings. The minimum absolute atomic E-state index is 0. The van der Waals surface area contributed by atoms with Crippen LogP contribution < -0.4 is 10.6 Å². The van der Waals surface area contributed by atoms with Crippen LogP contribution in [0.3, 0.4) is 0 Å². The van der Waals surface area contributed by atoms with Gasteiger partial charge in [-0.25, -0.2) is 4.99 Å². The van der Waals surface area contributed by atoms with Gasteiger partial charge in [0.15, 0.2) is 5.17 Å². The maximum Gasteiger partial charge on any atom is 0.225 e. The van der Waals surface area contributed by atoms with E-state index >= 15 is 0 Å². The first-order chi connectivity index (χ1) is 8.04. The van der Waals surface area contributed by atoms with Crippen molar-refractivity contribution >= 4 is 45.5 Å². The molecule has 1 aromatic rings. The zero-order chi connectivity index (χ0) is 12.2. The molecule has 0 unspecified atom stereocenters.